The zero-order valence-electron chi connectivity index (χ0n) is 17.5. The highest BCUT2D eigenvalue weighted by molar-refractivity contribution is 6.09. The van der Waals surface area contributed by atoms with Crippen LogP contribution in [0.1, 0.15) is 43.7 Å². The van der Waals surface area contributed by atoms with E-state index in [0.717, 1.165) is 22.6 Å². The summed E-state index contributed by atoms with van der Waals surface area (Å²) in [6.07, 6.45) is 8.55. The van der Waals surface area contributed by atoms with Crippen LogP contribution in [0.15, 0.2) is 62.9 Å². The van der Waals surface area contributed by atoms with Crippen molar-refractivity contribution in [1.29, 1.82) is 0 Å². The second-order valence-corrected chi connectivity index (χ2v) is 8.35. The van der Waals surface area contributed by atoms with Crippen molar-refractivity contribution in [3.63, 3.8) is 0 Å². The zero-order chi connectivity index (χ0) is 22.1. The van der Waals surface area contributed by atoms with Crippen LogP contribution in [0.2, 0.25) is 0 Å². The second kappa shape index (κ2) is 8.37. The van der Waals surface area contributed by atoms with Crippen molar-refractivity contribution in [3.05, 3.63) is 59.2 Å². The quantitative estimate of drug-likeness (QED) is 0.731. The van der Waals surface area contributed by atoms with Gasteiger partial charge in [0.25, 0.3) is 5.91 Å². The maximum Gasteiger partial charge on any atom is 0.326 e. The number of allylic oxidation sites excluding steroid dienone is 4. The highest BCUT2D eigenvalue weighted by atomic mass is 16.4. The van der Waals surface area contributed by atoms with Gasteiger partial charge in [-0.25, -0.2) is 4.79 Å². The molecular weight excluding hydrogens is 398 g/mol. The van der Waals surface area contributed by atoms with Crippen LogP contribution in [0.4, 0.5) is 0 Å². The fourth-order valence-corrected chi connectivity index (χ4v) is 4.23. The van der Waals surface area contributed by atoms with Crippen molar-refractivity contribution < 1.29 is 23.9 Å². The van der Waals surface area contributed by atoms with E-state index < -0.39 is 29.9 Å². The maximum absolute atomic E-state index is 13.5. The molecular formula is C23H25N3O5. The smallest absolute Gasteiger partial charge is 0.326 e. The van der Waals surface area contributed by atoms with Gasteiger partial charge in [-0.2, -0.15) is 0 Å². The van der Waals surface area contributed by atoms with E-state index >= 15 is 0 Å². The fourth-order valence-electron chi connectivity index (χ4n) is 4.23. The molecule has 0 saturated carbocycles. The lowest BCUT2D eigenvalue weighted by molar-refractivity contribution is -0.151. The number of carboxylic acid groups (broad SMARTS) is 1. The van der Waals surface area contributed by atoms with Gasteiger partial charge in [-0.3, -0.25) is 14.6 Å². The Kier molecular flexibility index (Phi) is 5.63. The van der Waals surface area contributed by atoms with E-state index in [1.54, 1.807) is 6.07 Å². The first-order valence-electron chi connectivity index (χ1n) is 10.4. The first-order valence-corrected chi connectivity index (χ1v) is 10.4. The normalized spacial score (nSPS) is 20.7. The molecule has 31 heavy (non-hydrogen) atoms. The number of nitrogens with zero attached hydrogens (tertiary/aromatic N) is 2. The molecule has 1 aromatic heterocycles. The summed E-state index contributed by atoms with van der Waals surface area (Å²) < 4.78 is 5.13. The van der Waals surface area contributed by atoms with Crippen LogP contribution in [0.5, 0.6) is 0 Å². The number of aliphatic imine (C=N–C) groups is 1. The Morgan fingerprint density at radius 3 is 2.84 bits per heavy atom. The average molecular weight is 423 g/mol. The molecule has 4 rings (SSSR count). The molecule has 2 aliphatic heterocycles. The highest BCUT2D eigenvalue weighted by Crippen LogP contribution is 2.37. The van der Waals surface area contributed by atoms with Crippen molar-refractivity contribution in [2.45, 2.75) is 45.2 Å². The van der Waals surface area contributed by atoms with Gasteiger partial charge in [-0.05, 0) is 30.0 Å². The molecule has 0 spiro atoms. The lowest BCUT2D eigenvalue weighted by Crippen LogP contribution is -2.56. The molecule has 2 N–H and O–H groups in total. The molecule has 3 aliphatic rings. The number of amides is 2. The van der Waals surface area contributed by atoms with Gasteiger partial charge in [-0.15, -0.1) is 0 Å². The molecule has 8 nitrogen and oxygen atoms in total. The molecule has 0 radical (unpaired) electrons. The molecule has 3 heterocycles. The summed E-state index contributed by atoms with van der Waals surface area (Å²) in [6.45, 7) is 3.99. The third-order valence-corrected chi connectivity index (χ3v) is 5.68. The van der Waals surface area contributed by atoms with Gasteiger partial charge < -0.3 is 19.7 Å². The predicted molar refractivity (Wildman–Crippen MR) is 113 cm³/mol. The number of rotatable bonds is 6. The first kappa shape index (κ1) is 20.8. The van der Waals surface area contributed by atoms with Gasteiger partial charge in [0.15, 0.2) is 5.76 Å². The Morgan fingerprint density at radius 1 is 1.35 bits per heavy atom. The number of hydrogen-bond acceptors (Lipinski definition) is 5. The van der Waals surface area contributed by atoms with Crippen LogP contribution in [0, 0.1) is 5.92 Å². The minimum Gasteiger partial charge on any atom is -0.480 e. The number of nitrogens with one attached hydrogen (secondary N) is 1. The minimum absolute atomic E-state index is 0.102. The number of hydrogen-bond donors (Lipinski definition) is 2. The molecule has 1 aromatic rings. The summed E-state index contributed by atoms with van der Waals surface area (Å²) in [6, 6.07) is 1.24. The standard InChI is InChI=1S/C23H25N3O5/c1-13(2)10-17(25-21(27)20-8-5-9-31-20)22(28)26-12-18-15(11-19(26)23(29)30)14-6-3-4-7-16(14)24-18/h3-6,8-9,13,17,19H,7,10-12H2,1-2H3,(H,25,27)(H,29,30)/t17-,19-/m0/s1. The molecule has 0 fully saturated rings. The molecule has 0 unspecified atom stereocenters. The van der Waals surface area contributed by atoms with E-state index in [0.29, 0.717) is 12.8 Å². The van der Waals surface area contributed by atoms with E-state index in [-0.39, 0.29) is 24.6 Å². The monoisotopic (exact) mass is 423 g/mol. The van der Waals surface area contributed by atoms with Gasteiger partial charge in [0.05, 0.1) is 24.2 Å². The molecule has 2 amide bonds. The van der Waals surface area contributed by atoms with E-state index in [4.69, 9.17) is 4.42 Å². The van der Waals surface area contributed by atoms with Crippen molar-refractivity contribution >= 4 is 23.5 Å². The second-order valence-electron chi connectivity index (χ2n) is 8.35. The van der Waals surface area contributed by atoms with Crippen LogP contribution in [0.3, 0.4) is 0 Å². The van der Waals surface area contributed by atoms with Crippen molar-refractivity contribution in [3.8, 4) is 0 Å². The fraction of sp³-hybridized carbons (Fsp3) is 0.391. The summed E-state index contributed by atoms with van der Waals surface area (Å²) >= 11 is 0. The lowest BCUT2D eigenvalue weighted by Gasteiger charge is -2.36. The maximum atomic E-state index is 13.5. The summed E-state index contributed by atoms with van der Waals surface area (Å²) in [5, 5.41) is 12.6. The van der Waals surface area contributed by atoms with Gasteiger partial charge in [-0.1, -0.05) is 32.1 Å². The summed E-state index contributed by atoms with van der Waals surface area (Å²) in [4.78, 5) is 44.1. The van der Waals surface area contributed by atoms with Gasteiger partial charge >= 0.3 is 5.97 Å². The van der Waals surface area contributed by atoms with Gasteiger partial charge in [0.2, 0.25) is 5.91 Å². The van der Waals surface area contributed by atoms with Gasteiger partial charge in [0.1, 0.15) is 12.1 Å². The highest BCUT2D eigenvalue weighted by Gasteiger charge is 2.42. The molecule has 2 atom stereocenters. The topological polar surface area (TPSA) is 112 Å². The summed E-state index contributed by atoms with van der Waals surface area (Å²) in [5.41, 5.74) is 3.52. The first-order chi connectivity index (χ1) is 14.8. The Hall–Kier alpha value is -3.42. The Labute approximate surface area is 180 Å². The van der Waals surface area contributed by atoms with Crippen molar-refractivity contribution in [1.82, 2.24) is 10.2 Å². The van der Waals surface area contributed by atoms with Crippen LogP contribution < -0.4 is 5.32 Å². The van der Waals surface area contributed by atoms with E-state index in [2.05, 4.69) is 10.3 Å². The average Bonchev–Trinajstić information content (AvgIpc) is 3.39. The number of aliphatic carboxylic acids is 1. The van der Waals surface area contributed by atoms with Crippen LogP contribution in [0.25, 0.3) is 0 Å². The molecule has 1 aliphatic carbocycles. The number of furan rings is 1. The minimum atomic E-state index is -1.07. The molecule has 8 heteroatoms. The van der Waals surface area contributed by atoms with Crippen LogP contribution in [-0.4, -0.2) is 52.1 Å². The van der Waals surface area contributed by atoms with E-state index in [1.165, 1.54) is 17.2 Å². The lowest BCUT2D eigenvalue weighted by atomic mass is 9.89. The van der Waals surface area contributed by atoms with Crippen LogP contribution in [-0.2, 0) is 9.59 Å². The molecule has 0 saturated heterocycles. The number of fused-ring (bicyclic) bond motifs is 2. The van der Waals surface area contributed by atoms with E-state index in [9.17, 15) is 19.5 Å². The largest absolute Gasteiger partial charge is 0.480 e. The molecule has 162 valence electrons. The molecule has 0 aromatic carbocycles. The van der Waals surface area contributed by atoms with Crippen molar-refractivity contribution in [2.24, 2.45) is 10.9 Å². The summed E-state index contributed by atoms with van der Waals surface area (Å²) in [7, 11) is 0. The third-order valence-electron chi connectivity index (χ3n) is 5.68. The number of carbonyl (C=O) groups is 3. The van der Waals surface area contributed by atoms with Crippen LogP contribution >= 0.6 is 0 Å². The summed E-state index contributed by atoms with van der Waals surface area (Å²) in [5.74, 6) is -1.78. The SMILES string of the molecule is CC(C)C[C@H](NC(=O)c1ccco1)C(=O)N1CC2=C(C[C@H]1C(=O)O)C1=CC=CCC1=N2. The zero-order valence-corrected chi connectivity index (χ0v) is 17.5. The Morgan fingerprint density at radius 2 is 2.16 bits per heavy atom. The van der Waals surface area contributed by atoms with Gasteiger partial charge in [0, 0.05) is 18.4 Å². The van der Waals surface area contributed by atoms with E-state index in [1.807, 2.05) is 32.1 Å². The number of carbonyl (C=O) groups excluding carboxylic acids is 2. The third kappa shape index (κ3) is 4.10. The van der Waals surface area contributed by atoms with Crippen molar-refractivity contribution in [2.75, 3.05) is 6.54 Å². The Balaban J connectivity index is 1.60. The Bertz CT molecular complexity index is 1030. The predicted octanol–water partition coefficient (Wildman–Crippen LogP) is 2.70. The molecule has 0 bridgehead atoms. The number of carboxylic acids is 1.